The molecule has 6 atom stereocenters. The number of carbonyl (C=O) groups is 1. The molecule has 12 nitrogen and oxygen atoms in total. The minimum absolute atomic E-state index is 0.0795. The standard InChI is InChI=1S/C24H32N3O9PS/c1-23(2,14-28)21(31)38-12-11-34-37(33,25-13-15-7-5-4-6-8-15)36-19-18-24(19,3)17(30)20(35-18)27-10-9-16(29)26-22(27)32/h4-10,17-20,28,30H,11-14H2,1-3H3,(H,25,33)(H,26,29,32)/t17-,18+,19?,20+,24+,37-/m0/s1. The predicted molar refractivity (Wildman–Crippen MR) is 139 cm³/mol. The summed E-state index contributed by atoms with van der Waals surface area (Å²) in [7, 11) is -3.95. The Balaban J connectivity index is 1.42. The zero-order chi connectivity index (χ0) is 27.7. The topological polar surface area (TPSA) is 169 Å². The average Bonchev–Trinajstić information content (AvgIpc) is 3.34. The van der Waals surface area contributed by atoms with E-state index in [2.05, 4.69) is 10.1 Å². The van der Waals surface area contributed by atoms with Crippen molar-refractivity contribution >= 4 is 24.6 Å². The quantitative estimate of drug-likeness (QED) is 0.215. The van der Waals surface area contributed by atoms with Gasteiger partial charge in [0.1, 0.15) is 12.2 Å². The van der Waals surface area contributed by atoms with E-state index in [1.807, 2.05) is 30.3 Å². The number of nitrogens with zero attached hydrogens (tertiary/aromatic N) is 1. The monoisotopic (exact) mass is 569 g/mol. The molecule has 0 bridgehead atoms. The molecule has 4 N–H and O–H groups in total. The van der Waals surface area contributed by atoms with Gasteiger partial charge in [0.25, 0.3) is 5.56 Å². The van der Waals surface area contributed by atoms with E-state index in [1.165, 1.54) is 6.20 Å². The van der Waals surface area contributed by atoms with Crippen molar-refractivity contribution in [3.63, 3.8) is 0 Å². The number of thioether (sulfide) groups is 1. The summed E-state index contributed by atoms with van der Waals surface area (Å²) in [6.07, 6.45) is -2.49. The van der Waals surface area contributed by atoms with Crippen LogP contribution in [-0.2, 0) is 29.7 Å². The van der Waals surface area contributed by atoms with Crippen LogP contribution >= 0.6 is 19.5 Å². The number of H-pyrrole nitrogens is 1. The highest BCUT2D eigenvalue weighted by molar-refractivity contribution is 8.13. The van der Waals surface area contributed by atoms with Crippen molar-refractivity contribution in [2.75, 3.05) is 19.0 Å². The van der Waals surface area contributed by atoms with Gasteiger partial charge in [0, 0.05) is 24.6 Å². The molecule has 1 aromatic carbocycles. The van der Waals surface area contributed by atoms with E-state index in [0.29, 0.717) is 0 Å². The molecule has 0 radical (unpaired) electrons. The Morgan fingerprint density at radius 3 is 2.61 bits per heavy atom. The Bertz CT molecular complexity index is 1320. The Morgan fingerprint density at radius 1 is 1.29 bits per heavy atom. The van der Waals surface area contributed by atoms with Crippen LogP contribution in [0.1, 0.15) is 32.6 Å². The first kappa shape index (κ1) is 28.9. The van der Waals surface area contributed by atoms with Crippen LogP contribution in [0, 0.1) is 10.8 Å². The lowest BCUT2D eigenvalue weighted by molar-refractivity contribution is -0.119. The zero-order valence-corrected chi connectivity index (χ0v) is 22.9. The lowest BCUT2D eigenvalue weighted by Gasteiger charge is -2.26. The number of aliphatic hydroxyl groups excluding tert-OH is 2. The van der Waals surface area contributed by atoms with Crippen LogP contribution in [0.15, 0.2) is 52.2 Å². The summed E-state index contributed by atoms with van der Waals surface area (Å²) in [6.45, 7) is 4.75. The third-order valence-corrected chi connectivity index (χ3v) is 9.57. The summed E-state index contributed by atoms with van der Waals surface area (Å²) in [5.74, 6) is 0.185. The van der Waals surface area contributed by atoms with E-state index in [1.54, 1.807) is 20.8 Å². The van der Waals surface area contributed by atoms with Crippen LogP contribution in [0.4, 0.5) is 0 Å². The number of nitrogens with one attached hydrogen (secondary N) is 2. The van der Waals surface area contributed by atoms with Crippen molar-refractivity contribution in [2.45, 2.75) is 51.9 Å². The van der Waals surface area contributed by atoms with Gasteiger partial charge in [0.05, 0.1) is 30.1 Å². The van der Waals surface area contributed by atoms with Crippen molar-refractivity contribution in [3.05, 3.63) is 69.0 Å². The van der Waals surface area contributed by atoms with E-state index in [-0.39, 0.29) is 30.6 Å². The van der Waals surface area contributed by atoms with Crippen molar-refractivity contribution in [3.8, 4) is 0 Å². The van der Waals surface area contributed by atoms with Crippen molar-refractivity contribution < 1.29 is 33.4 Å². The van der Waals surface area contributed by atoms with Crippen LogP contribution in [0.5, 0.6) is 0 Å². The second kappa shape index (κ2) is 11.2. The molecule has 208 valence electrons. The Morgan fingerprint density at radius 2 is 2.00 bits per heavy atom. The van der Waals surface area contributed by atoms with Crippen LogP contribution < -0.4 is 16.3 Å². The molecule has 1 unspecified atom stereocenters. The van der Waals surface area contributed by atoms with Gasteiger partial charge in [0.2, 0.25) is 0 Å². The predicted octanol–water partition coefficient (Wildman–Crippen LogP) is 1.39. The molecule has 1 saturated heterocycles. The van der Waals surface area contributed by atoms with Crippen LogP contribution in [0.3, 0.4) is 0 Å². The van der Waals surface area contributed by atoms with Crippen LogP contribution in [0.2, 0.25) is 0 Å². The van der Waals surface area contributed by atoms with Gasteiger partial charge in [-0.25, -0.2) is 14.4 Å². The molecule has 2 aromatic rings. The number of hydrogen-bond donors (Lipinski definition) is 4. The maximum Gasteiger partial charge on any atom is 0.406 e. The summed E-state index contributed by atoms with van der Waals surface area (Å²) in [6, 6.07) is 10.4. The molecule has 1 aliphatic carbocycles. The molecule has 1 saturated carbocycles. The number of benzene rings is 1. The van der Waals surface area contributed by atoms with Gasteiger partial charge in [-0.3, -0.25) is 28.2 Å². The molecule has 0 spiro atoms. The van der Waals surface area contributed by atoms with Crippen LogP contribution in [0.25, 0.3) is 0 Å². The number of ether oxygens (including phenoxy) is 1. The summed E-state index contributed by atoms with van der Waals surface area (Å²) >= 11 is 0.964. The Hall–Kier alpha value is -2.09. The number of aromatic nitrogens is 2. The van der Waals surface area contributed by atoms with Crippen molar-refractivity contribution in [1.29, 1.82) is 0 Å². The highest BCUT2D eigenvalue weighted by Crippen LogP contribution is 2.66. The Kier molecular flexibility index (Phi) is 8.51. The molecule has 1 aromatic heterocycles. The molecule has 4 rings (SSSR count). The molecule has 2 fully saturated rings. The molecule has 2 heterocycles. The molecule has 14 heteroatoms. The fraction of sp³-hybridized carbons (Fsp3) is 0.542. The maximum atomic E-state index is 13.7. The van der Waals surface area contributed by atoms with Gasteiger partial charge in [0.15, 0.2) is 11.3 Å². The fourth-order valence-electron chi connectivity index (χ4n) is 4.15. The molecule has 1 aliphatic heterocycles. The number of carbonyl (C=O) groups excluding carboxylic acids is 1. The van der Waals surface area contributed by atoms with Crippen molar-refractivity contribution in [1.82, 2.24) is 14.6 Å². The van der Waals surface area contributed by atoms with E-state index in [9.17, 15) is 29.2 Å². The minimum atomic E-state index is -3.95. The number of aromatic amines is 1. The van der Waals surface area contributed by atoms with Gasteiger partial charge >= 0.3 is 13.4 Å². The number of hydrogen-bond acceptors (Lipinski definition) is 10. The van der Waals surface area contributed by atoms with Gasteiger partial charge in [-0.15, -0.1) is 0 Å². The summed E-state index contributed by atoms with van der Waals surface area (Å²) in [5, 5.41) is 23.0. The van der Waals surface area contributed by atoms with Crippen molar-refractivity contribution in [2.24, 2.45) is 10.8 Å². The minimum Gasteiger partial charge on any atom is -0.395 e. The van der Waals surface area contributed by atoms with Crippen LogP contribution in [-0.4, -0.2) is 62.2 Å². The third-order valence-electron chi connectivity index (χ3n) is 6.81. The molecule has 38 heavy (non-hydrogen) atoms. The largest absolute Gasteiger partial charge is 0.406 e. The van der Waals surface area contributed by atoms with Gasteiger partial charge in [-0.1, -0.05) is 49.0 Å². The van der Waals surface area contributed by atoms with Gasteiger partial charge in [-0.05, 0) is 19.4 Å². The first-order valence-electron chi connectivity index (χ1n) is 12.1. The highest BCUT2D eigenvalue weighted by Gasteiger charge is 2.76. The summed E-state index contributed by atoms with van der Waals surface area (Å²) in [4.78, 5) is 37.9. The molecular formula is C24H32N3O9PS. The third kappa shape index (κ3) is 5.90. The summed E-state index contributed by atoms with van der Waals surface area (Å²) < 4.78 is 32.2. The smallest absolute Gasteiger partial charge is 0.395 e. The second-order valence-corrected chi connectivity index (χ2v) is 13.0. The fourth-order valence-corrected chi connectivity index (χ4v) is 6.65. The van der Waals surface area contributed by atoms with E-state index >= 15 is 0 Å². The average molecular weight is 570 g/mol. The molecule has 2 aliphatic rings. The number of aliphatic hydroxyl groups is 2. The van der Waals surface area contributed by atoms with E-state index in [4.69, 9.17) is 13.8 Å². The first-order chi connectivity index (χ1) is 17.9. The molecular weight excluding hydrogens is 537 g/mol. The highest BCUT2D eigenvalue weighted by atomic mass is 32.2. The second-order valence-electron chi connectivity index (χ2n) is 10.1. The van der Waals surface area contributed by atoms with E-state index in [0.717, 1.165) is 28.0 Å². The number of fused-ring (bicyclic) bond motifs is 1. The SMILES string of the molecule is CC(C)(CO)C(=O)SCCO[P@@](=O)(NCc1ccccc1)OC1[C@H]2O[C@@H](n3ccc(=O)[nH]c3=O)[C@H](O)[C@@]12C. The summed E-state index contributed by atoms with van der Waals surface area (Å²) in [5.41, 5.74) is -2.35. The van der Waals surface area contributed by atoms with Gasteiger partial charge < -0.3 is 14.9 Å². The Labute approximate surface area is 223 Å². The molecule has 0 amide bonds. The van der Waals surface area contributed by atoms with E-state index < -0.39 is 54.4 Å². The first-order valence-corrected chi connectivity index (χ1v) is 14.6. The zero-order valence-electron chi connectivity index (χ0n) is 21.2. The number of rotatable bonds is 12. The normalized spacial score (nSPS) is 28.0. The maximum absolute atomic E-state index is 13.7. The lowest BCUT2D eigenvalue weighted by atomic mass is 9.97. The lowest BCUT2D eigenvalue weighted by Crippen LogP contribution is -2.39. The van der Waals surface area contributed by atoms with Gasteiger partial charge in [-0.2, -0.15) is 0 Å².